The maximum atomic E-state index is 10.3. The molecule has 0 saturated heterocycles. The first-order valence-electron chi connectivity index (χ1n) is 12.2. The van der Waals surface area contributed by atoms with E-state index in [1.807, 2.05) is 31.2 Å². The normalized spacial score (nSPS) is 11.3. The molecule has 13 nitrogen and oxygen atoms in total. The van der Waals surface area contributed by atoms with Gasteiger partial charge in [-0.3, -0.25) is 14.5 Å². The average Bonchev–Trinajstić information content (AvgIpc) is 3.47. The van der Waals surface area contributed by atoms with Gasteiger partial charge in [0.2, 0.25) is 0 Å². The number of aromatic nitrogens is 3. The first-order chi connectivity index (χ1) is 18.4. The number of aliphatic carboxylic acids is 3. The summed E-state index contributed by atoms with van der Waals surface area (Å²) in [6.07, 6.45) is -1.20. The van der Waals surface area contributed by atoms with Gasteiger partial charge in [0.15, 0.2) is 5.60 Å². The number of furan rings is 1. The van der Waals surface area contributed by atoms with Crippen LogP contribution in [0.25, 0.3) is 11.3 Å². The minimum Gasteiger partial charge on any atom is -0.481 e. The lowest BCUT2D eigenvalue weighted by atomic mass is 9.96. The number of nitrogens with one attached hydrogen (secondary N) is 1. The zero-order chi connectivity index (χ0) is 29.0. The number of carboxylic acids is 3. The molecule has 0 aliphatic rings. The number of hydrogen-bond donors (Lipinski definition) is 5. The van der Waals surface area contributed by atoms with Crippen molar-refractivity contribution in [2.24, 2.45) is 0 Å². The van der Waals surface area contributed by atoms with E-state index in [-0.39, 0.29) is 0 Å². The number of benzene rings is 1. The molecule has 0 saturated carbocycles. The van der Waals surface area contributed by atoms with E-state index in [1.54, 1.807) is 0 Å². The number of aliphatic hydroxyl groups is 1. The number of hydrogen-bond acceptors (Lipinski definition) is 9. The molecule has 2 heterocycles. The van der Waals surface area contributed by atoms with Crippen molar-refractivity contribution in [3.05, 3.63) is 59.7 Å². The standard InChI is InChI=1S/C20H27N5O.C6H8O7/c1-16-10-11-18(26-16)14-25(13-7-12-24(2)3)15-19-20(22-23-21-19)17-8-5-4-6-9-17;7-3(8)1-6(13,5(11)12)2-4(9)10/h4-6,8-11H,7,12-15H2,1-3H3,(H,21,22,23);13H,1-2H2,(H,7,8)(H,9,10)(H,11,12). The predicted molar refractivity (Wildman–Crippen MR) is 140 cm³/mol. The van der Waals surface area contributed by atoms with E-state index in [9.17, 15) is 14.4 Å². The monoisotopic (exact) mass is 545 g/mol. The highest BCUT2D eigenvalue weighted by Crippen LogP contribution is 2.21. The summed E-state index contributed by atoms with van der Waals surface area (Å²) in [4.78, 5) is 35.1. The number of aryl methyl sites for hydroxylation is 1. The van der Waals surface area contributed by atoms with Crippen LogP contribution in [0.1, 0.15) is 36.5 Å². The second-order valence-electron chi connectivity index (χ2n) is 9.34. The number of carboxylic acid groups (broad SMARTS) is 3. The van der Waals surface area contributed by atoms with Gasteiger partial charge in [-0.15, -0.1) is 0 Å². The Morgan fingerprint density at radius 1 is 0.923 bits per heavy atom. The first kappa shape index (κ1) is 31.1. The molecule has 39 heavy (non-hydrogen) atoms. The fourth-order valence-corrected chi connectivity index (χ4v) is 3.73. The summed E-state index contributed by atoms with van der Waals surface area (Å²) < 4.78 is 5.78. The minimum atomic E-state index is -2.74. The van der Waals surface area contributed by atoms with Gasteiger partial charge < -0.3 is 29.7 Å². The molecular weight excluding hydrogens is 510 g/mol. The van der Waals surface area contributed by atoms with Crippen molar-refractivity contribution in [1.82, 2.24) is 25.2 Å². The fourth-order valence-electron chi connectivity index (χ4n) is 3.73. The average molecular weight is 546 g/mol. The summed E-state index contributed by atoms with van der Waals surface area (Å²) in [5.74, 6) is -3.09. The Balaban J connectivity index is 0.000000349. The Morgan fingerprint density at radius 2 is 1.56 bits per heavy atom. The molecule has 13 heteroatoms. The van der Waals surface area contributed by atoms with Crippen LogP contribution in [0.3, 0.4) is 0 Å². The molecular formula is C26H35N5O8. The summed E-state index contributed by atoms with van der Waals surface area (Å²) in [6, 6.07) is 14.2. The molecule has 0 aliphatic carbocycles. The van der Waals surface area contributed by atoms with Crippen molar-refractivity contribution in [2.45, 2.75) is 44.9 Å². The highest BCUT2D eigenvalue weighted by molar-refractivity contribution is 5.88. The van der Waals surface area contributed by atoms with Crippen LogP contribution >= 0.6 is 0 Å². The lowest BCUT2D eigenvalue weighted by molar-refractivity contribution is -0.170. The van der Waals surface area contributed by atoms with Gasteiger partial charge in [0.05, 0.1) is 19.4 Å². The predicted octanol–water partition coefficient (Wildman–Crippen LogP) is 2.08. The zero-order valence-electron chi connectivity index (χ0n) is 22.2. The van der Waals surface area contributed by atoms with E-state index in [1.165, 1.54) is 0 Å². The second-order valence-corrected chi connectivity index (χ2v) is 9.34. The van der Waals surface area contributed by atoms with Gasteiger partial charge in [-0.25, -0.2) is 4.79 Å². The molecule has 212 valence electrons. The van der Waals surface area contributed by atoms with Crippen LogP contribution in [0, 0.1) is 6.92 Å². The van der Waals surface area contributed by atoms with Crippen molar-refractivity contribution in [3.63, 3.8) is 0 Å². The van der Waals surface area contributed by atoms with Crippen LogP contribution in [0.4, 0.5) is 0 Å². The fraction of sp³-hybridized carbons (Fsp3) is 0.423. The lowest BCUT2D eigenvalue weighted by Crippen LogP contribution is -2.42. The van der Waals surface area contributed by atoms with Crippen LogP contribution in [-0.2, 0) is 27.5 Å². The zero-order valence-corrected chi connectivity index (χ0v) is 22.2. The molecule has 0 amide bonds. The Morgan fingerprint density at radius 3 is 2.08 bits per heavy atom. The third-order valence-electron chi connectivity index (χ3n) is 5.58. The molecule has 0 bridgehead atoms. The summed E-state index contributed by atoms with van der Waals surface area (Å²) >= 11 is 0. The van der Waals surface area contributed by atoms with Gasteiger partial charge in [-0.1, -0.05) is 30.3 Å². The van der Waals surface area contributed by atoms with Crippen LogP contribution < -0.4 is 0 Å². The Kier molecular flexibility index (Phi) is 11.8. The Hall–Kier alpha value is -4.07. The van der Waals surface area contributed by atoms with Crippen molar-refractivity contribution in [2.75, 3.05) is 27.2 Å². The largest absolute Gasteiger partial charge is 0.481 e. The number of rotatable bonds is 14. The van der Waals surface area contributed by atoms with Crippen molar-refractivity contribution >= 4 is 17.9 Å². The highest BCUT2D eigenvalue weighted by Gasteiger charge is 2.40. The quantitative estimate of drug-likeness (QED) is 0.198. The number of carbonyl (C=O) groups is 3. The van der Waals surface area contributed by atoms with E-state index in [2.05, 4.69) is 57.5 Å². The van der Waals surface area contributed by atoms with Gasteiger partial charge in [0.25, 0.3) is 0 Å². The van der Waals surface area contributed by atoms with Crippen LogP contribution in [-0.4, -0.2) is 96.3 Å². The minimum absolute atomic E-state index is 0.730. The molecule has 0 spiro atoms. The maximum absolute atomic E-state index is 10.3. The topological polar surface area (TPSA) is 193 Å². The molecule has 2 aromatic heterocycles. The van der Waals surface area contributed by atoms with E-state index in [0.717, 1.165) is 61.1 Å². The van der Waals surface area contributed by atoms with E-state index < -0.39 is 36.4 Å². The summed E-state index contributed by atoms with van der Waals surface area (Å²) in [6.45, 7) is 5.50. The third kappa shape index (κ3) is 10.7. The first-order valence-corrected chi connectivity index (χ1v) is 12.2. The Labute approximate surface area is 225 Å². The lowest BCUT2D eigenvalue weighted by Gasteiger charge is -2.21. The smallest absolute Gasteiger partial charge is 0.336 e. The summed E-state index contributed by atoms with van der Waals surface area (Å²) in [5, 5.41) is 45.4. The molecule has 0 unspecified atom stereocenters. The van der Waals surface area contributed by atoms with Gasteiger partial charge >= 0.3 is 17.9 Å². The van der Waals surface area contributed by atoms with Crippen LogP contribution in [0.15, 0.2) is 46.9 Å². The second kappa shape index (κ2) is 14.8. The molecule has 3 rings (SSSR count). The summed E-state index contributed by atoms with van der Waals surface area (Å²) in [7, 11) is 4.21. The SMILES string of the molecule is Cc1ccc(CN(CCCN(C)C)Cc2n[nH]nc2-c2ccccc2)o1.O=C(O)CC(O)(CC(=O)O)C(=O)O. The van der Waals surface area contributed by atoms with E-state index >= 15 is 0 Å². The van der Waals surface area contributed by atoms with E-state index in [0.29, 0.717) is 0 Å². The molecule has 0 aliphatic heterocycles. The third-order valence-corrected chi connectivity index (χ3v) is 5.58. The van der Waals surface area contributed by atoms with Gasteiger partial charge in [0.1, 0.15) is 22.9 Å². The van der Waals surface area contributed by atoms with Crippen molar-refractivity contribution < 1.29 is 39.2 Å². The van der Waals surface area contributed by atoms with Gasteiger partial charge in [-0.2, -0.15) is 15.4 Å². The number of H-pyrrole nitrogens is 1. The van der Waals surface area contributed by atoms with Gasteiger partial charge in [0, 0.05) is 18.7 Å². The molecule has 1 aromatic carbocycles. The molecule has 0 radical (unpaired) electrons. The van der Waals surface area contributed by atoms with Crippen LogP contribution in [0.5, 0.6) is 0 Å². The van der Waals surface area contributed by atoms with E-state index in [4.69, 9.17) is 24.8 Å². The number of nitrogens with zero attached hydrogens (tertiary/aromatic N) is 4. The Bertz CT molecular complexity index is 1190. The number of aromatic amines is 1. The maximum Gasteiger partial charge on any atom is 0.336 e. The molecule has 3 aromatic rings. The van der Waals surface area contributed by atoms with Crippen LogP contribution in [0.2, 0.25) is 0 Å². The van der Waals surface area contributed by atoms with Crippen molar-refractivity contribution in [3.8, 4) is 11.3 Å². The molecule has 5 N–H and O–H groups in total. The molecule has 0 atom stereocenters. The van der Waals surface area contributed by atoms with Crippen molar-refractivity contribution in [1.29, 1.82) is 0 Å². The highest BCUT2D eigenvalue weighted by atomic mass is 16.4. The van der Waals surface area contributed by atoms with Gasteiger partial charge in [-0.05, 0) is 46.1 Å². The molecule has 0 fully saturated rings. The summed E-state index contributed by atoms with van der Waals surface area (Å²) in [5.41, 5.74) is 0.221.